The number of rotatable bonds is 3. The van der Waals surface area contributed by atoms with Crippen LogP contribution in [0, 0.1) is 17.3 Å². The van der Waals surface area contributed by atoms with Gasteiger partial charge in [0.05, 0.1) is 0 Å². The maximum Gasteiger partial charge on any atom is 0.220 e. The van der Waals surface area contributed by atoms with Crippen LogP contribution in [-0.4, -0.2) is 49.5 Å². The molecule has 3 rings (SSSR count). The fourth-order valence-corrected chi connectivity index (χ4v) is 4.80. The van der Waals surface area contributed by atoms with E-state index >= 15 is 0 Å². The molecule has 2 N–H and O–H groups in total. The van der Waals surface area contributed by atoms with Gasteiger partial charge in [-0.05, 0) is 44.4 Å². The summed E-state index contributed by atoms with van der Waals surface area (Å²) in [6, 6.07) is 0. The van der Waals surface area contributed by atoms with Gasteiger partial charge < -0.3 is 15.5 Å². The SMILES string of the molecule is CCNC(=NCC1CCCC(C)C1)N1CCCC2(CNC(=O)C2)C1.I. The third-order valence-electron chi connectivity index (χ3n) is 6.04. The number of nitrogens with one attached hydrogen (secondary N) is 2. The quantitative estimate of drug-likeness (QED) is 0.385. The normalized spacial score (nSPS) is 33.1. The van der Waals surface area contributed by atoms with Crippen LogP contribution in [-0.2, 0) is 4.79 Å². The number of hydrogen-bond acceptors (Lipinski definition) is 2. The summed E-state index contributed by atoms with van der Waals surface area (Å²) in [5, 5.41) is 6.53. The lowest BCUT2D eigenvalue weighted by Crippen LogP contribution is -2.51. The number of likely N-dealkylation sites (tertiary alicyclic amines) is 1. The van der Waals surface area contributed by atoms with Gasteiger partial charge in [-0.2, -0.15) is 0 Å². The molecule has 3 unspecified atom stereocenters. The predicted octanol–water partition coefficient (Wildman–Crippen LogP) is 3.00. The van der Waals surface area contributed by atoms with Gasteiger partial charge in [0, 0.05) is 44.6 Å². The first-order valence-corrected chi connectivity index (χ1v) is 9.90. The molecule has 3 atom stereocenters. The lowest BCUT2D eigenvalue weighted by Gasteiger charge is -2.41. The number of guanidine groups is 1. The molecule has 0 bridgehead atoms. The van der Waals surface area contributed by atoms with Crippen molar-refractivity contribution in [3.63, 3.8) is 0 Å². The Bertz CT molecular complexity index is 484. The van der Waals surface area contributed by atoms with Crippen LogP contribution in [0.3, 0.4) is 0 Å². The monoisotopic (exact) mass is 462 g/mol. The zero-order valence-corrected chi connectivity index (χ0v) is 18.2. The number of halogens is 1. The van der Waals surface area contributed by atoms with Crippen molar-refractivity contribution in [3.8, 4) is 0 Å². The van der Waals surface area contributed by atoms with E-state index in [2.05, 4.69) is 29.4 Å². The smallest absolute Gasteiger partial charge is 0.220 e. The Morgan fingerprint density at radius 3 is 2.92 bits per heavy atom. The van der Waals surface area contributed by atoms with Crippen molar-refractivity contribution < 1.29 is 4.79 Å². The number of hydrogen-bond donors (Lipinski definition) is 2. The summed E-state index contributed by atoms with van der Waals surface area (Å²) in [6.45, 7) is 9.22. The fraction of sp³-hybridized carbons (Fsp3) is 0.895. The van der Waals surface area contributed by atoms with Gasteiger partial charge >= 0.3 is 0 Å². The number of aliphatic imine (C=N–C) groups is 1. The van der Waals surface area contributed by atoms with Crippen molar-refractivity contribution in [2.75, 3.05) is 32.7 Å². The van der Waals surface area contributed by atoms with E-state index in [9.17, 15) is 4.79 Å². The molecule has 2 saturated heterocycles. The van der Waals surface area contributed by atoms with Crippen molar-refractivity contribution >= 4 is 35.8 Å². The molecular formula is C19H35IN4O. The number of nitrogens with zero attached hydrogens (tertiary/aromatic N) is 2. The maximum atomic E-state index is 11.7. The molecule has 2 heterocycles. The summed E-state index contributed by atoms with van der Waals surface area (Å²) in [5.41, 5.74) is 0.130. The van der Waals surface area contributed by atoms with Crippen molar-refractivity contribution in [2.45, 2.75) is 58.8 Å². The molecule has 0 radical (unpaired) electrons. The molecule has 2 aliphatic heterocycles. The number of carbonyl (C=O) groups is 1. The van der Waals surface area contributed by atoms with Crippen LogP contribution in [0.4, 0.5) is 0 Å². The van der Waals surface area contributed by atoms with E-state index in [0.717, 1.165) is 63.4 Å². The fourth-order valence-electron chi connectivity index (χ4n) is 4.80. The Hall–Kier alpha value is -0.530. The van der Waals surface area contributed by atoms with Crippen LogP contribution in [0.5, 0.6) is 0 Å². The van der Waals surface area contributed by atoms with E-state index < -0.39 is 0 Å². The van der Waals surface area contributed by atoms with Gasteiger partial charge in [-0.1, -0.05) is 19.8 Å². The molecular weight excluding hydrogens is 427 g/mol. The van der Waals surface area contributed by atoms with Gasteiger partial charge in [0.25, 0.3) is 0 Å². The van der Waals surface area contributed by atoms with Gasteiger partial charge in [0.1, 0.15) is 0 Å². The highest BCUT2D eigenvalue weighted by Crippen LogP contribution is 2.36. The first-order chi connectivity index (χ1) is 11.6. The lowest BCUT2D eigenvalue weighted by molar-refractivity contribution is -0.119. The Balaban J connectivity index is 0.00000225. The van der Waals surface area contributed by atoms with Crippen LogP contribution in [0.2, 0.25) is 0 Å². The predicted molar refractivity (Wildman–Crippen MR) is 113 cm³/mol. The third kappa shape index (κ3) is 5.47. The summed E-state index contributed by atoms with van der Waals surface area (Å²) < 4.78 is 0. The van der Waals surface area contributed by atoms with Gasteiger partial charge in [-0.3, -0.25) is 9.79 Å². The van der Waals surface area contributed by atoms with E-state index in [1.165, 1.54) is 25.7 Å². The van der Waals surface area contributed by atoms with E-state index in [-0.39, 0.29) is 35.3 Å². The van der Waals surface area contributed by atoms with Crippen molar-refractivity contribution in [3.05, 3.63) is 0 Å². The third-order valence-corrected chi connectivity index (χ3v) is 6.04. The van der Waals surface area contributed by atoms with Gasteiger partial charge in [0.15, 0.2) is 5.96 Å². The molecule has 3 aliphatic rings. The minimum Gasteiger partial charge on any atom is -0.357 e. The summed E-state index contributed by atoms with van der Waals surface area (Å²) >= 11 is 0. The van der Waals surface area contributed by atoms with Crippen molar-refractivity contribution in [1.29, 1.82) is 0 Å². The second-order valence-corrected chi connectivity index (χ2v) is 8.31. The average Bonchev–Trinajstić information content (AvgIpc) is 2.91. The second-order valence-electron chi connectivity index (χ2n) is 8.31. The lowest BCUT2D eigenvalue weighted by atomic mass is 9.79. The standard InChI is InChI=1S/C19H34N4O.HI/c1-3-20-18(21-12-16-7-4-6-15(2)10-16)23-9-5-8-19(14-23)11-17(24)22-13-19;/h15-16H,3-14H2,1-2H3,(H,20,21)(H,22,24);1H. The van der Waals surface area contributed by atoms with Crippen LogP contribution >= 0.6 is 24.0 Å². The minimum absolute atomic E-state index is 0. The van der Waals surface area contributed by atoms with Gasteiger partial charge in [0.2, 0.25) is 5.91 Å². The van der Waals surface area contributed by atoms with Crippen molar-refractivity contribution in [2.24, 2.45) is 22.2 Å². The highest BCUT2D eigenvalue weighted by molar-refractivity contribution is 14.0. The van der Waals surface area contributed by atoms with Crippen molar-refractivity contribution in [1.82, 2.24) is 15.5 Å². The molecule has 5 nitrogen and oxygen atoms in total. The van der Waals surface area contributed by atoms with Crippen LogP contribution in [0.1, 0.15) is 58.8 Å². The Labute approximate surface area is 169 Å². The number of carbonyl (C=O) groups excluding carboxylic acids is 1. The molecule has 3 fully saturated rings. The summed E-state index contributed by atoms with van der Waals surface area (Å²) in [4.78, 5) is 19.1. The van der Waals surface area contributed by atoms with E-state index in [1.54, 1.807) is 0 Å². The molecule has 0 aromatic heterocycles. The number of piperidine rings is 1. The molecule has 1 saturated carbocycles. The molecule has 0 aromatic carbocycles. The molecule has 6 heteroatoms. The molecule has 144 valence electrons. The van der Waals surface area contributed by atoms with E-state index in [1.807, 2.05) is 0 Å². The summed E-state index contributed by atoms with van der Waals surface area (Å²) in [5.74, 6) is 2.88. The molecule has 1 amide bonds. The molecule has 0 aromatic rings. The zero-order valence-electron chi connectivity index (χ0n) is 15.9. The Morgan fingerprint density at radius 2 is 2.24 bits per heavy atom. The molecule has 1 aliphatic carbocycles. The van der Waals surface area contributed by atoms with Crippen LogP contribution in [0.25, 0.3) is 0 Å². The second kappa shape index (κ2) is 9.42. The first-order valence-electron chi connectivity index (χ1n) is 9.90. The minimum atomic E-state index is 0. The first kappa shape index (κ1) is 20.8. The Morgan fingerprint density at radius 1 is 1.40 bits per heavy atom. The summed E-state index contributed by atoms with van der Waals surface area (Å²) in [6.07, 6.45) is 8.39. The van der Waals surface area contributed by atoms with E-state index in [0.29, 0.717) is 6.42 Å². The average molecular weight is 462 g/mol. The highest BCUT2D eigenvalue weighted by Gasteiger charge is 2.42. The van der Waals surface area contributed by atoms with Crippen LogP contribution in [0.15, 0.2) is 4.99 Å². The zero-order chi connectivity index (χ0) is 17.0. The topological polar surface area (TPSA) is 56.7 Å². The highest BCUT2D eigenvalue weighted by atomic mass is 127. The number of amides is 1. The van der Waals surface area contributed by atoms with Crippen LogP contribution < -0.4 is 10.6 Å². The van der Waals surface area contributed by atoms with Gasteiger partial charge in [-0.25, -0.2) is 0 Å². The summed E-state index contributed by atoms with van der Waals surface area (Å²) in [7, 11) is 0. The Kier molecular flexibility index (Phi) is 7.83. The molecule has 1 spiro atoms. The van der Waals surface area contributed by atoms with E-state index in [4.69, 9.17) is 4.99 Å². The maximum absolute atomic E-state index is 11.7. The largest absolute Gasteiger partial charge is 0.357 e. The molecule has 25 heavy (non-hydrogen) atoms. The van der Waals surface area contributed by atoms with Gasteiger partial charge in [-0.15, -0.1) is 24.0 Å².